The summed E-state index contributed by atoms with van der Waals surface area (Å²) in [5, 5.41) is 11.8. The highest BCUT2D eigenvalue weighted by Gasteiger charge is 2.28. The number of benzene rings is 1. The van der Waals surface area contributed by atoms with E-state index in [0.717, 1.165) is 16.9 Å². The van der Waals surface area contributed by atoms with Crippen LogP contribution in [0.4, 0.5) is 4.39 Å². The largest absolute Gasteiger partial charge is 0.477 e. The van der Waals surface area contributed by atoms with Crippen molar-refractivity contribution in [2.45, 2.75) is 19.4 Å². The van der Waals surface area contributed by atoms with Gasteiger partial charge in [0.05, 0.1) is 4.88 Å². The molecule has 0 aliphatic carbocycles. The summed E-state index contributed by atoms with van der Waals surface area (Å²) >= 11 is 0.960. The molecule has 2 heterocycles. The lowest BCUT2D eigenvalue weighted by atomic mass is 9.95. The van der Waals surface area contributed by atoms with Gasteiger partial charge in [-0.3, -0.25) is 9.59 Å². The first-order valence-electron chi connectivity index (χ1n) is 8.58. The third-order valence-corrected chi connectivity index (χ3v) is 5.62. The van der Waals surface area contributed by atoms with Crippen molar-refractivity contribution in [2.24, 2.45) is 5.92 Å². The van der Waals surface area contributed by atoms with Gasteiger partial charge in [-0.1, -0.05) is 12.1 Å². The Hall–Kier alpha value is -2.74. The van der Waals surface area contributed by atoms with E-state index in [1.807, 2.05) is 0 Å². The van der Waals surface area contributed by atoms with Crippen molar-refractivity contribution < 1.29 is 23.9 Å². The van der Waals surface area contributed by atoms with Crippen LogP contribution in [0.15, 0.2) is 36.4 Å². The van der Waals surface area contributed by atoms with Gasteiger partial charge in [0.15, 0.2) is 0 Å². The SMILES string of the molecule is O=C(O)c1ccc(C(=O)N2CCC(C(=O)NCc3ccc(F)cc3)CC2)s1. The van der Waals surface area contributed by atoms with Gasteiger partial charge in [0.2, 0.25) is 5.91 Å². The molecule has 142 valence electrons. The van der Waals surface area contributed by atoms with Crippen LogP contribution >= 0.6 is 11.3 Å². The average molecular weight is 390 g/mol. The Labute approximate surface area is 159 Å². The van der Waals surface area contributed by atoms with E-state index >= 15 is 0 Å². The number of carbonyl (C=O) groups excluding carboxylic acids is 2. The fraction of sp³-hybridized carbons (Fsp3) is 0.316. The highest BCUT2D eigenvalue weighted by molar-refractivity contribution is 7.15. The van der Waals surface area contributed by atoms with Gasteiger partial charge in [-0.25, -0.2) is 9.18 Å². The maximum absolute atomic E-state index is 12.9. The van der Waals surface area contributed by atoms with Crippen molar-refractivity contribution in [3.8, 4) is 0 Å². The summed E-state index contributed by atoms with van der Waals surface area (Å²) in [5.41, 5.74) is 0.823. The number of rotatable bonds is 5. The van der Waals surface area contributed by atoms with Gasteiger partial charge < -0.3 is 15.3 Å². The van der Waals surface area contributed by atoms with Crippen molar-refractivity contribution in [1.29, 1.82) is 0 Å². The number of carbonyl (C=O) groups is 3. The van der Waals surface area contributed by atoms with Gasteiger partial charge in [-0.05, 0) is 42.7 Å². The van der Waals surface area contributed by atoms with Crippen LogP contribution in [0.2, 0.25) is 0 Å². The van der Waals surface area contributed by atoms with Crippen LogP contribution < -0.4 is 5.32 Å². The third kappa shape index (κ3) is 4.71. The predicted molar refractivity (Wildman–Crippen MR) is 98.2 cm³/mol. The summed E-state index contributed by atoms with van der Waals surface area (Å²) < 4.78 is 12.9. The number of likely N-dealkylation sites (tertiary alicyclic amines) is 1. The topological polar surface area (TPSA) is 86.7 Å². The normalized spacial score (nSPS) is 14.8. The van der Waals surface area contributed by atoms with E-state index in [0.29, 0.717) is 37.4 Å². The van der Waals surface area contributed by atoms with E-state index in [4.69, 9.17) is 5.11 Å². The Kier molecular flexibility index (Phi) is 5.85. The molecule has 0 atom stereocenters. The highest BCUT2D eigenvalue weighted by atomic mass is 32.1. The zero-order valence-electron chi connectivity index (χ0n) is 14.5. The van der Waals surface area contributed by atoms with Crippen molar-refractivity contribution in [2.75, 3.05) is 13.1 Å². The molecule has 0 bridgehead atoms. The molecule has 1 saturated heterocycles. The second-order valence-electron chi connectivity index (χ2n) is 6.38. The van der Waals surface area contributed by atoms with Crippen LogP contribution in [-0.2, 0) is 11.3 Å². The molecule has 2 amide bonds. The van der Waals surface area contributed by atoms with Gasteiger partial charge in [-0.15, -0.1) is 11.3 Å². The molecule has 3 rings (SSSR count). The Bertz CT molecular complexity index is 842. The summed E-state index contributed by atoms with van der Waals surface area (Å²) in [6, 6.07) is 8.91. The lowest BCUT2D eigenvalue weighted by Crippen LogP contribution is -2.42. The maximum atomic E-state index is 12.9. The minimum absolute atomic E-state index is 0.0734. The van der Waals surface area contributed by atoms with Crippen molar-refractivity contribution in [3.05, 3.63) is 57.5 Å². The van der Waals surface area contributed by atoms with E-state index in [-0.39, 0.29) is 28.4 Å². The molecule has 8 heteroatoms. The number of amides is 2. The molecule has 1 aromatic heterocycles. The van der Waals surface area contributed by atoms with E-state index in [1.54, 1.807) is 17.0 Å². The van der Waals surface area contributed by atoms with E-state index < -0.39 is 5.97 Å². The minimum atomic E-state index is -1.05. The lowest BCUT2D eigenvalue weighted by Gasteiger charge is -2.31. The smallest absolute Gasteiger partial charge is 0.345 e. The van der Waals surface area contributed by atoms with Crippen molar-refractivity contribution in [3.63, 3.8) is 0 Å². The summed E-state index contributed by atoms with van der Waals surface area (Å²) in [4.78, 5) is 37.9. The Morgan fingerprint density at radius 2 is 1.70 bits per heavy atom. The fourth-order valence-corrected chi connectivity index (χ4v) is 3.82. The number of carboxylic acids is 1. The number of carboxylic acid groups (broad SMARTS) is 1. The highest BCUT2D eigenvalue weighted by Crippen LogP contribution is 2.23. The van der Waals surface area contributed by atoms with E-state index in [1.165, 1.54) is 24.3 Å². The molecule has 1 aromatic carbocycles. The number of nitrogens with zero attached hydrogens (tertiary/aromatic N) is 1. The van der Waals surface area contributed by atoms with Gasteiger partial charge in [0.1, 0.15) is 10.7 Å². The zero-order chi connectivity index (χ0) is 19.4. The molecular formula is C19H19FN2O4S. The number of thiophene rings is 1. The summed E-state index contributed by atoms with van der Waals surface area (Å²) in [6.07, 6.45) is 1.11. The Morgan fingerprint density at radius 1 is 1.07 bits per heavy atom. The molecular weight excluding hydrogens is 371 g/mol. The molecule has 1 aliphatic heterocycles. The van der Waals surface area contributed by atoms with Gasteiger partial charge >= 0.3 is 5.97 Å². The minimum Gasteiger partial charge on any atom is -0.477 e. The molecule has 2 aromatic rings. The zero-order valence-corrected chi connectivity index (χ0v) is 15.3. The number of nitrogens with one attached hydrogen (secondary N) is 1. The molecule has 2 N–H and O–H groups in total. The van der Waals surface area contributed by atoms with Gasteiger partial charge in [-0.2, -0.15) is 0 Å². The molecule has 0 spiro atoms. The van der Waals surface area contributed by atoms with Crippen LogP contribution in [0.1, 0.15) is 37.7 Å². The van der Waals surface area contributed by atoms with Crippen molar-refractivity contribution >= 4 is 29.1 Å². The fourth-order valence-electron chi connectivity index (χ4n) is 3.00. The van der Waals surface area contributed by atoms with Crippen LogP contribution in [0.3, 0.4) is 0 Å². The van der Waals surface area contributed by atoms with Crippen LogP contribution in [0, 0.1) is 11.7 Å². The molecule has 1 fully saturated rings. The summed E-state index contributed by atoms with van der Waals surface area (Å²) in [6.45, 7) is 1.24. The average Bonchev–Trinajstić information content (AvgIpc) is 3.17. The molecule has 27 heavy (non-hydrogen) atoms. The summed E-state index contributed by atoms with van der Waals surface area (Å²) in [7, 11) is 0. The predicted octanol–water partition coefficient (Wildman–Crippen LogP) is 2.75. The Balaban J connectivity index is 1.48. The second kappa shape index (κ2) is 8.30. The first-order chi connectivity index (χ1) is 12.9. The van der Waals surface area contributed by atoms with Crippen LogP contribution in [0.25, 0.3) is 0 Å². The first-order valence-corrected chi connectivity index (χ1v) is 9.40. The summed E-state index contributed by atoms with van der Waals surface area (Å²) in [5.74, 6) is -1.81. The molecule has 6 nitrogen and oxygen atoms in total. The maximum Gasteiger partial charge on any atom is 0.345 e. The lowest BCUT2D eigenvalue weighted by molar-refractivity contribution is -0.126. The van der Waals surface area contributed by atoms with Gasteiger partial charge in [0, 0.05) is 25.6 Å². The second-order valence-corrected chi connectivity index (χ2v) is 7.46. The monoisotopic (exact) mass is 390 g/mol. The molecule has 0 radical (unpaired) electrons. The Morgan fingerprint density at radius 3 is 2.30 bits per heavy atom. The first kappa shape index (κ1) is 19.0. The van der Waals surface area contributed by atoms with Crippen LogP contribution in [0.5, 0.6) is 0 Å². The quantitative estimate of drug-likeness (QED) is 0.822. The van der Waals surface area contributed by atoms with Crippen LogP contribution in [-0.4, -0.2) is 40.9 Å². The molecule has 0 unspecified atom stereocenters. The standard InChI is InChI=1S/C19H19FN2O4S/c20-14-3-1-12(2-4-14)11-21-17(23)13-7-9-22(10-8-13)18(24)15-5-6-16(27-15)19(25)26/h1-6,13H,7-11H2,(H,21,23)(H,25,26). The number of halogens is 1. The van der Waals surface area contributed by atoms with E-state index in [2.05, 4.69) is 5.32 Å². The van der Waals surface area contributed by atoms with Gasteiger partial charge in [0.25, 0.3) is 5.91 Å². The number of hydrogen-bond donors (Lipinski definition) is 2. The third-order valence-electron chi connectivity index (χ3n) is 4.56. The molecule has 1 aliphatic rings. The number of hydrogen-bond acceptors (Lipinski definition) is 4. The molecule has 0 saturated carbocycles. The number of aromatic carboxylic acids is 1. The van der Waals surface area contributed by atoms with E-state index in [9.17, 15) is 18.8 Å². The van der Waals surface area contributed by atoms with Crippen molar-refractivity contribution in [1.82, 2.24) is 10.2 Å². The number of piperidine rings is 1.